The zero-order valence-corrected chi connectivity index (χ0v) is 19.9. The van der Waals surface area contributed by atoms with Gasteiger partial charge in [-0.05, 0) is 42.5 Å². The maximum absolute atomic E-state index is 14.2. The van der Waals surface area contributed by atoms with Gasteiger partial charge in [0.15, 0.2) is 0 Å². The number of nitrogens with zero attached hydrogens (tertiary/aromatic N) is 3. The Bertz CT molecular complexity index is 1220. The van der Waals surface area contributed by atoms with Crippen molar-refractivity contribution < 1.29 is 32.2 Å². The number of anilines is 2. The van der Waals surface area contributed by atoms with Crippen molar-refractivity contribution in [2.45, 2.75) is 38.1 Å². The molecule has 1 N–H and O–H groups in total. The molecule has 6 nitrogen and oxygen atoms in total. The van der Waals surface area contributed by atoms with Crippen LogP contribution >= 0.6 is 11.6 Å². The van der Waals surface area contributed by atoms with Gasteiger partial charge in [-0.2, -0.15) is 18.3 Å². The smallest absolute Gasteiger partial charge is 0.431 e. The van der Waals surface area contributed by atoms with Crippen molar-refractivity contribution in [1.82, 2.24) is 0 Å². The first-order chi connectivity index (χ1) is 17.0. The van der Waals surface area contributed by atoms with E-state index in [9.17, 15) is 22.4 Å². The number of carbonyl (C=O) groups is 1. The summed E-state index contributed by atoms with van der Waals surface area (Å²) < 4.78 is 60.4. The van der Waals surface area contributed by atoms with Crippen LogP contribution in [0.15, 0.2) is 47.6 Å². The van der Waals surface area contributed by atoms with E-state index in [1.165, 1.54) is 13.0 Å². The minimum Gasteiger partial charge on any atom is -0.490 e. The Morgan fingerprint density at radius 3 is 2.42 bits per heavy atom. The number of carboxylic acid groups (broad SMARTS) is 1. The van der Waals surface area contributed by atoms with E-state index in [0.29, 0.717) is 48.1 Å². The molecule has 11 heteroatoms. The van der Waals surface area contributed by atoms with Crippen molar-refractivity contribution in [3.05, 3.63) is 53.3 Å². The van der Waals surface area contributed by atoms with Crippen molar-refractivity contribution in [3.8, 4) is 17.6 Å². The molecule has 2 atom stereocenters. The lowest BCUT2D eigenvalue weighted by Crippen LogP contribution is -2.38. The van der Waals surface area contributed by atoms with Gasteiger partial charge in [0.05, 0.1) is 11.4 Å². The Labute approximate surface area is 210 Å². The predicted molar refractivity (Wildman–Crippen MR) is 128 cm³/mol. The molecule has 0 radical (unpaired) electrons. The minimum atomic E-state index is -4.66. The fraction of sp³-hybridized carbons (Fsp3) is 0.360. The number of ether oxygens (including phenoxy) is 1. The maximum Gasteiger partial charge on any atom is 0.431 e. The molecule has 2 heterocycles. The van der Waals surface area contributed by atoms with Crippen molar-refractivity contribution in [1.29, 1.82) is 0 Å². The highest BCUT2D eigenvalue weighted by molar-refractivity contribution is 6.30. The number of piperidine rings is 1. The zero-order valence-electron chi connectivity index (χ0n) is 19.1. The van der Waals surface area contributed by atoms with Gasteiger partial charge < -0.3 is 14.7 Å². The highest BCUT2D eigenvalue weighted by Crippen LogP contribution is 2.35. The molecule has 2 aliphatic rings. The van der Waals surface area contributed by atoms with Crippen LogP contribution in [0.2, 0.25) is 5.02 Å². The number of hydrazone groups is 1. The van der Waals surface area contributed by atoms with Crippen molar-refractivity contribution >= 4 is 34.7 Å². The van der Waals surface area contributed by atoms with Crippen molar-refractivity contribution in [2.24, 2.45) is 11.0 Å². The third-order valence-electron chi connectivity index (χ3n) is 6.10. The van der Waals surface area contributed by atoms with E-state index >= 15 is 0 Å². The quantitative estimate of drug-likeness (QED) is 0.432. The number of hydrogen-bond donors (Lipinski definition) is 1. The SMILES string of the molecule is C[C@@H]1C(C(F)(F)F)=NN(c2ccc(OC3CCN(c4ccc(Cl)cc4F)CC3)cc2)[C@H]1C#CC(=O)O. The largest absolute Gasteiger partial charge is 0.490 e. The lowest BCUT2D eigenvalue weighted by molar-refractivity contribution is -0.130. The molecule has 0 saturated carbocycles. The van der Waals surface area contributed by atoms with E-state index in [-0.39, 0.29) is 11.9 Å². The molecule has 0 amide bonds. The van der Waals surface area contributed by atoms with E-state index in [0.717, 1.165) is 5.01 Å². The number of halogens is 5. The number of alkyl halides is 3. The van der Waals surface area contributed by atoms with Crippen LogP contribution < -0.4 is 14.6 Å². The number of aliphatic carboxylic acids is 1. The maximum atomic E-state index is 14.2. The molecule has 0 aromatic heterocycles. The van der Waals surface area contributed by atoms with Gasteiger partial charge in [0.2, 0.25) is 0 Å². The molecule has 1 saturated heterocycles. The molecule has 0 spiro atoms. The van der Waals surface area contributed by atoms with Gasteiger partial charge in [0.25, 0.3) is 0 Å². The summed E-state index contributed by atoms with van der Waals surface area (Å²) in [5, 5.41) is 14.0. The van der Waals surface area contributed by atoms with Crippen LogP contribution in [0, 0.1) is 23.6 Å². The lowest BCUT2D eigenvalue weighted by Gasteiger charge is -2.34. The Hall–Kier alpha value is -3.45. The summed E-state index contributed by atoms with van der Waals surface area (Å²) in [5.74, 6) is 1.86. The Kier molecular flexibility index (Phi) is 7.31. The fourth-order valence-electron chi connectivity index (χ4n) is 4.31. The molecule has 2 aromatic rings. The lowest BCUT2D eigenvalue weighted by atomic mass is 9.97. The van der Waals surface area contributed by atoms with E-state index in [2.05, 4.69) is 11.0 Å². The summed E-state index contributed by atoms with van der Waals surface area (Å²) in [6.45, 7) is 2.49. The molecule has 36 heavy (non-hydrogen) atoms. The number of carboxylic acids is 1. The average molecular weight is 524 g/mol. The number of hydrogen-bond acceptors (Lipinski definition) is 5. The summed E-state index contributed by atoms with van der Waals surface area (Å²) in [6.07, 6.45) is -3.47. The molecular formula is C25H22ClF4N3O3. The highest BCUT2D eigenvalue weighted by Gasteiger charge is 2.48. The molecule has 190 valence electrons. The van der Waals surface area contributed by atoms with Gasteiger partial charge in [-0.1, -0.05) is 24.4 Å². The molecule has 2 aliphatic heterocycles. The van der Waals surface area contributed by atoms with Gasteiger partial charge >= 0.3 is 12.1 Å². The summed E-state index contributed by atoms with van der Waals surface area (Å²) in [7, 11) is 0. The van der Waals surface area contributed by atoms with Crippen LogP contribution in [-0.2, 0) is 4.79 Å². The molecule has 0 unspecified atom stereocenters. The predicted octanol–water partition coefficient (Wildman–Crippen LogP) is 5.36. The van der Waals surface area contributed by atoms with Gasteiger partial charge in [0.1, 0.15) is 29.4 Å². The van der Waals surface area contributed by atoms with Crippen LogP contribution in [0.3, 0.4) is 0 Å². The van der Waals surface area contributed by atoms with Gasteiger partial charge in [0, 0.05) is 42.8 Å². The molecule has 1 fully saturated rings. The molecule has 4 rings (SSSR count). The third-order valence-corrected chi connectivity index (χ3v) is 6.33. The number of benzene rings is 2. The average Bonchev–Trinajstić information content (AvgIpc) is 3.15. The van der Waals surface area contributed by atoms with E-state index in [1.807, 2.05) is 10.8 Å². The second-order valence-electron chi connectivity index (χ2n) is 8.53. The molecule has 0 aliphatic carbocycles. The van der Waals surface area contributed by atoms with Crippen molar-refractivity contribution in [3.63, 3.8) is 0 Å². The summed E-state index contributed by atoms with van der Waals surface area (Å²) in [6, 6.07) is 9.84. The molecule has 2 aromatic carbocycles. The first-order valence-corrected chi connectivity index (χ1v) is 11.6. The second kappa shape index (κ2) is 10.3. The molecular weight excluding hydrogens is 502 g/mol. The number of rotatable bonds is 4. The summed E-state index contributed by atoms with van der Waals surface area (Å²) in [4.78, 5) is 12.8. The topological polar surface area (TPSA) is 65.4 Å². The van der Waals surface area contributed by atoms with Crippen LogP contribution in [0.25, 0.3) is 0 Å². The minimum absolute atomic E-state index is 0.113. The van der Waals surface area contributed by atoms with Crippen LogP contribution in [0.5, 0.6) is 5.75 Å². The zero-order chi connectivity index (χ0) is 26.0. The fourth-order valence-corrected chi connectivity index (χ4v) is 4.47. The van der Waals surface area contributed by atoms with Gasteiger partial charge in [-0.15, -0.1) is 0 Å². The first-order valence-electron chi connectivity index (χ1n) is 11.2. The monoisotopic (exact) mass is 523 g/mol. The standard InChI is InChI=1S/C25H22ClF4N3O3/c1-15-21(8-9-23(34)35)33(31-24(15)25(28,29)30)17-3-5-18(6-4-17)36-19-10-12-32(13-11-19)22-7-2-16(26)14-20(22)27/h2-7,14-15,19,21H,10-13H2,1H3,(H,34,35)/t15-,21-/m0/s1. The van der Waals surface area contributed by atoms with E-state index in [1.54, 1.807) is 36.4 Å². The summed E-state index contributed by atoms with van der Waals surface area (Å²) in [5.41, 5.74) is -0.205. The van der Waals surface area contributed by atoms with E-state index in [4.69, 9.17) is 21.4 Å². The van der Waals surface area contributed by atoms with Crippen LogP contribution in [0.1, 0.15) is 19.8 Å². The highest BCUT2D eigenvalue weighted by atomic mass is 35.5. The Balaban J connectivity index is 1.43. The van der Waals surface area contributed by atoms with Crippen LogP contribution in [-0.4, -0.2) is 48.2 Å². The van der Waals surface area contributed by atoms with Crippen LogP contribution in [0.4, 0.5) is 28.9 Å². The van der Waals surface area contributed by atoms with Crippen molar-refractivity contribution in [2.75, 3.05) is 23.0 Å². The Morgan fingerprint density at radius 1 is 1.17 bits per heavy atom. The summed E-state index contributed by atoms with van der Waals surface area (Å²) >= 11 is 5.82. The van der Waals surface area contributed by atoms with E-state index < -0.39 is 29.8 Å². The molecule has 0 bridgehead atoms. The normalized spacial score (nSPS) is 20.6. The third kappa shape index (κ3) is 5.68. The first kappa shape index (κ1) is 25.6. The van der Waals surface area contributed by atoms with Gasteiger partial charge in [-0.25, -0.2) is 14.2 Å². The Morgan fingerprint density at radius 2 is 1.83 bits per heavy atom. The second-order valence-corrected chi connectivity index (χ2v) is 8.97. The van der Waals surface area contributed by atoms with Gasteiger partial charge in [-0.3, -0.25) is 0 Å².